The van der Waals surface area contributed by atoms with Gasteiger partial charge in [-0.3, -0.25) is 0 Å². The molecule has 3 heterocycles. The lowest BCUT2D eigenvalue weighted by atomic mass is 10.1. The number of benzene rings is 2. The molecule has 0 bridgehead atoms. The van der Waals surface area contributed by atoms with Gasteiger partial charge in [-0.05, 0) is 68.4 Å². The molecule has 0 unspecified atom stereocenters. The third-order valence-electron chi connectivity index (χ3n) is 5.42. The smallest absolute Gasteiger partial charge is 0.258 e. The second kappa shape index (κ2) is 7.49. The van der Waals surface area contributed by atoms with Crippen LogP contribution in [0, 0.1) is 11.3 Å². The molecule has 0 atom stereocenters. The predicted molar refractivity (Wildman–Crippen MR) is 109 cm³/mol. The topological polar surface area (TPSA) is 83.8 Å². The lowest BCUT2D eigenvalue weighted by molar-refractivity contribution is 0.324. The molecule has 5 rings (SSSR count). The SMILES string of the molecule is N#Cc1ccc(-c2nc(-c3ccc4c(c3)ncn4CCN3CCCC3)no2)cc1. The van der Waals surface area contributed by atoms with Gasteiger partial charge in [0.05, 0.1) is 29.0 Å². The molecule has 1 fully saturated rings. The predicted octanol–water partition coefficient (Wildman–Crippen LogP) is 3.72. The highest BCUT2D eigenvalue weighted by atomic mass is 16.5. The number of nitriles is 1. The Morgan fingerprint density at radius 3 is 2.59 bits per heavy atom. The van der Waals surface area contributed by atoms with Gasteiger partial charge in [0.2, 0.25) is 5.82 Å². The quantitative estimate of drug-likeness (QED) is 0.521. The lowest BCUT2D eigenvalue weighted by Gasteiger charge is -2.14. The zero-order valence-corrected chi connectivity index (χ0v) is 16.0. The fourth-order valence-electron chi connectivity index (χ4n) is 3.78. The van der Waals surface area contributed by atoms with Gasteiger partial charge in [0, 0.05) is 24.2 Å². The number of likely N-dealkylation sites (tertiary alicyclic amines) is 1. The average molecular weight is 384 g/mol. The number of hydrogen-bond donors (Lipinski definition) is 0. The second-order valence-electron chi connectivity index (χ2n) is 7.30. The van der Waals surface area contributed by atoms with Crippen LogP contribution in [-0.4, -0.2) is 44.2 Å². The van der Waals surface area contributed by atoms with Crippen LogP contribution in [0.2, 0.25) is 0 Å². The summed E-state index contributed by atoms with van der Waals surface area (Å²) in [7, 11) is 0. The van der Waals surface area contributed by atoms with Crippen LogP contribution in [0.25, 0.3) is 33.9 Å². The van der Waals surface area contributed by atoms with Crippen LogP contribution in [0.5, 0.6) is 0 Å². The average Bonchev–Trinajstić information content (AvgIpc) is 3.52. The van der Waals surface area contributed by atoms with Crippen LogP contribution >= 0.6 is 0 Å². The summed E-state index contributed by atoms with van der Waals surface area (Å²) in [5.41, 5.74) is 4.29. The fourth-order valence-corrected chi connectivity index (χ4v) is 3.78. The van der Waals surface area contributed by atoms with Gasteiger partial charge in [-0.2, -0.15) is 10.2 Å². The van der Waals surface area contributed by atoms with E-state index in [2.05, 4.69) is 36.7 Å². The summed E-state index contributed by atoms with van der Waals surface area (Å²) in [6.45, 7) is 4.42. The molecule has 0 aliphatic carbocycles. The van der Waals surface area contributed by atoms with Gasteiger partial charge in [0.15, 0.2) is 0 Å². The van der Waals surface area contributed by atoms with Gasteiger partial charge in [0.1, 0.15) is 0 Å². The summed E-state index contributed by atoms with van der Waals surface area (Å²) in [5.74, 6) is 0.957. The van der Waals surface area contributed by atoms with E-state index >= 15 is 0 Å². The maximum absolute atomic E-state index is 8.92. The van der Waals surface area contributed by atoms with Gasteiger partial charge in [-0.1, -0.05) is 5.16 Å². The highest BCUT2D eigenvalue weighted by molar-refractivity contribution is 5.80. The van der Waals surface area contributed by atoms with E-state index in [1.165, 1.54) is 25.9 Å². The summed E-state index contributed by atoms with van der Waals surface area (Å²) in [4.78, 5) is 11.6. The van der Waals surface area contributed by atoms with Gasteiger partial charge in [-0.15, -0.1) is 0 Å². The number of rotatable bonds is 5. The van der Waals surface area contributed by atoms with E-state index in [0.717, 1.165) is 35.2 Å². The van der Waals surface area contributed by atoms with Crippen molar-refractivity contribution in [1.82, 2.24) is 24.6 Å². The molecule has 2 aromatic carbocycles. The van der Waals surface area contributed by atoms with E-state index in [9.17, 15) is 0 Å². The number of hydrogen-bond acceptors (Lipinski definition) is 6. The Labute approximate surface area is 168 Å². The largest absolute Gasteiger partial charge is 0.334 e. The number of nitrogens with zero attached hydrogens (tertiary/aromatic N) is 6. The Kier molecular flexibility index (Phi) is 4.54. The first-order valence-corrected chi connectivity index (χ1v) is 9.82. The number of imidazole rings is 1. The fraction of sp³-hybridized carbons (Fsp3) is 0.273. The summed E-state index contributed by atoms with van der Waals surface area (Å²) in [6, 6.07) is 15.3. The van der Waals surface area contributed by atoms with Crippen molar-refractivity contribution in [2.75, 3.05) is 19.6 Å². The van der Waals surface area contributed by atoms with Crippen molar-refractivity contribution in [3.63, 3.8) is 0 Å². The molecule has 0 saturated carbocycles. The van der Waals surface area contributed by atoms with Crippen molar-refractivity contribution >= 4 is 11.0 Å². The minimum atomic E-state index is 0.431. The van der Waals surface area contributed by atoms with E-state index < -0.39 is 0 Å². The second-order valence-corrected chi connectivity index (χ2v) is 7.30. The number of fused-ring (bicyclic) bond motifs is 1. The number of aromatic nitrogens is 4. The molecule has 7 nitrogen and oxygen atoms in total. The molecule has 29 heavy (non-hydrogen) atoms. The lowest BCUT2D eigenvalue weighted by Crippen LogP contribution is -2.23. The Hall–Kier alpha value is -3.50. The molecular formula is C22H20N6O. The third-order valence-corrected chi connectivity index (χ3v) is 5.42. The van der Waals surface area contributed by atoms with E-state index in [1.54, 1.807) is 24.3 Å². The van der Waals surface area contributed by atoms with Gasteiger partial charge in [0.25, 0.3) is 5.89 Å². The molecule has 1 aliphatic rings. The first-order chi connectivity index (χ1) is 14.3. The van der Waals surface area contributed by atoms with E-state index in [1.807, 2.05) is 18.5 Å². The molecular weight excluding hydrogens is 364 g/mol. The Morgan fingerprint density at radius 2 is 1.79 bits per heavy atom. The highest BCUT2D eigenvalue weighted by Gasteiger charge is 2.14. The minimum absolute atomic E-state index is 0.431. The monoisotopic (exact) mass is 384 g/mol. The Bertz CT molecular complexity index is 1180. The Morgan fingerprint density at radius 1 is 1.00 bits per heavy atom. The molecule has 0 radical (unpaired) electrons. The van der Waals surface area contributed by atoms with E-state index in [-0.39, 0.29) is 0 Å². The van der Waals surface area contributed by atoms with Crippen molar-refractivity contribution in [1.29, 1.82) is 5.26 Å². The van der Waals surface area contributed by atoms with Crippen LogP contribution in [-0.2, 0) is 6.54 Å². The normalized spacial score (nSPS) is 14.4. The molecule has 0 spiro atoms. The molecule has 4 aromatic rings. The molecule has 1 saturated heterocycles. The molecule has 1 aliphatic heterocycles. The van der Waals surface area contributed by atoms with Crippen LogP contribution in [0.3, 0.4) is 0 Å². The van der Waals surface area contributed by atoms with Crippen molar-refractivity contribution in [3.05, 3.63) is 54.4 Å². The zero-order chi connectivity index (χ0) is 19.6. The van der Waals surface area contributed by atoms with Gasteiger partial charge in [-0.25, -0.2) is 4.98 Å². The third kappa shape index (κ3) is 3.50. The van der Waals surface area contributed by atoms with Crippen molar-refractivity contribution in [2.45, 2.75) is 19.4 Å². The molecule has 0 amide bonds. The molecule has 144 valence electrons. The molecule has 2 aromatic heterocycles. The van der Waals surface area contributed by atoms with Crippen molar-refractivity contribution < 1.29 is 4.52 Å². The maximum atomic E-state index is 8.92. The summed E-state index contributed by atoms with van der Waals surface area (Å²) < 4.78 is 7.62. The Balaban J connectivity index is 1.36. The first kappa shape index (κ1) is 17.6. The van der Waals surface area contributed by atoms with E-state index in [4.69, 9.17) is 9.78 Å². The molecule has 0 N–H and O–H groups in total. The summed E-state index contributed by atoms with van der Waals surface area (Å²) in [5, 5.41) is 13.0. The first-order valence-electron chi connectivity index (χ1n) is 9.82. The highest BCUT2D eigenvalue weighted by Crippen LogP contribution is 2.25. The van der Waals surface area contributed by atoms with Crippen LogP contribution < -0.4 is 0 Å². The van der Waals surface area contributed by atoms with Crippen LogP contribution in [0.1, 0.15) is 18.4 Å². The van der Waals surface area contributed by atoms with Gasteiger partial charge >= 0.3 is 0 Å². The van der Waals surface area contributed by atoms with Gasteiger partial charge < -0.3 is 14.0 Å². The molecule has 7 heteroatoms. The summed E-state index contributed by atoms with van der Waals surface area (Å²) in [6.07, 6.45) is 4.52. The van der Waals surface area contributed by atoms with Crippen LogP contribution in [0.15, 0.2) is 53.3 Å². The van der Waals surface area contributed by atoms with Crippen LogP contribution in [0.4, 0.5) is 0 Å². The maximum Gasteiger partial charge on any atom is 0.258 e. The minimum Gasteiger partial charge on any atom is -0.334 e. The standard InChI is InChI=1S/C22H20N6O/c23-14-16-3-5-17(6-4-16)22-25-21(26-29-22)18-7-8-20-19(13-18)24-15-28(20)12-11-27-9-1-2-10-27/h3-8,13,15H,1-2,9-12H2. The summed E-state index contributed by atoms with van der Waals surface area (Å²) >= 11 is 0. The van der Waals surface area contributed by atoms with Crippen molar-refractivity contribution in [2.24, 2.45) is 0 Å². The van der Waals surface area contributed by atoms with Crippen molar-refractivity contribution in [3.8, 4) is 28.9 Å². The van der Waals surface area contributed by atoms with E-state index in [0.29, 0.717) is 17.3 Å². The zero-order valence-electron chi connectivity index (χ0n) is 16.0.